The fraction of sp³-hybridized carbons (Fsp3) is 0.545. The lowest BCUT2D eigenvalue weighted by atomic mass is 10.0. The summed E-state index contributed by atoms with van der Waals surface area (Å²) in [4.78, 5) is 24.5. The zero-order valence-corrected chi connectivity index (χ0v) is 16.7. The van der Waals surface area contributed by atoms with E-state index < -0.39 is 0 Å². The van der Waals surface area contributed by atoms with E-state index in [1.54, 1.807) is 0 Å². The number of benzene rings is 1. The highest BCUT2D eigenvalue weighted by Gasteiger charge is 2.33. The van der Waals surface area contributed by atoms with Gasteiger partial charge in [-0.2, -0.15) is 0 Å². The van der Waals surface area contributed by atoms with E-state index >= 15 is 0 Å². The van der Waals surface area contributed by atoms with Gasteiger partial charge >= 0.3 is 0 Å². The molecule has 1 amide bonds. The monoisotopic (exact) mass is 366 g/mol. The van der Waals surface area contributed by atoms with Gasteiger partial charge in [-0.05, 0) is 51.4 Å². The number of aromatic nitrogens is 1. The number of piperazine rings is 1. The van der Waals surface area contributed by atoms with Crippen LogP contribution < -0.4 is 4.90 Å². The molecule has 0 spiro atoms. The first kappa shape index (κ1) is 18.2. The Kier molecular flexibility index (Phi) is 5.04. The van der Waals surface area contributed by atoms with E-state index in [9.17, 15) is 4.79 Å². The van der Waals surface area contributed by atoms with Crippen LogP contribution in [0.15, 0.2) is 24.3 Å². The van der Waals surface area contributed by atoms with Crippen LogP contribution in [-0.4, -0.2) is 66.5 Å². The molecule has 5 heteroatoms. The number of carbonyl (C=O) groups is 1. The van der Waals surface area contributed by atoms with E-state index in [2.05, 4.69) is 59.9 Å². The number of anilines is 1. The van der Waals surface area contributed by atoms with Gasteiger partial charge in [0.05, 0.1) is 17.2 Å². The van der Waals surface area contributed by atoms with Crippen LogP contribution in [-0.2, 0) is 11.2 Å². The zero-order valence-electron chi connectivity index (χ0n) is 16.7. The molecule has 3 heterocycles. The molecule has 0 saturated carbocycles. The average molecular weight is 367 g/mol. The number of hydrogen-bond donors (Lipinski definition) is 0. The molecule has 5 nitrogen and oxygen atoms in total. The smallest absolute Gasteiger partial charge is 0.240 e. The molecular formula is C22H30N4O. The predicted octanol–water partition coefficient (Wildman–Crippen LogP) is 2.85. The summed E-state index contributed by atoms with van der Waals surface area (Å²) in [6.07, 6.45) is 3.11. The number of fused-ring (bicyclic) bond motifs is 1. The first-order valence-electron chi connectivity index (χ1n) is 10.2. The molecule has 1 aromatic heterocycles. The third kappa shape index (κ3) is 3.29. The topological polar surface area (TPSA) is 39.7 Å². The van der Waals surface area contributed by atoms with Crippen molar-refractivity contribution in [2.24, 2.45) is 0 Å². The number of aryl methyl sites for hydroxylation is 1. The quantitative estimate of drug-likeness (QED) is 0.837. The number of amides is 1. The van der Waals surface area contributed by atoms with Gasteiger partial charge in [-0.15, -0.1) is 0 Å². The Morgan fingerprint density at radius 2 is 1.89 bits per heavy atom. The summed E-state index contributed by atoms with van der Waals surface area (Å²) in [6, 6.07) is 8.52. The molecular weight excluding hydrogens is 336 g/mol. The summed E-state index contributed by atoms with van der Waals surface area (Å²) < 4.78 is 0. The number of hydrogen-bond acceptors (Lipinski definition) is 4. The maximum absolute atomic E-state index is 12.9. The minimum atomic E-state index is 0.0896. The highest BCUT2D eigenvalue weighted by Crippen LogP contribution is 2.33. The van der Waals surface area contributed by atoms with Crippen molar-refractivity contribution in [1.82, 2.24) is 14.8 Å². The molecule has 1 unspecified atom stereocenters. The lowest BCUT2D eigenvalue weighted by Gasteiger charge is -2.39. The number of pyridine rings is 1. The minimum Gasteiger partial charge on any atom is -0.367 e. The van der Waals surface area contributed by atoms with Crippen molar-refractivity contribution >= 4 is 22.5 Å². The number of likely N-dealkylation sites (tertiary alicyclic amines) is 1. The lowest BCUT2D eigenvalue weighted by Crippen LogP contribution is -2.53. The van der Waals surface area contributed by atoms with Crippen molar-refractivity contribution in [1.29, 1.82) is 0 Å². The first-order chi connectivity index (χ1) is 13.1. The molecule has 1 atom stereocenters. The fourth-order valence-electron chi connectivity index (χ4n) is 4.72. The molecule has 2 aliphatic heterocycles. The highest BCUT2D eigenvalue weighted by atomic mass is 16.2. The van der Waals surface area contributed by atoms with Crippen LogP contribution in [0.3, 0.4) is 0 Å². The van der Waals surface area contributed by atoms with Crippen molar-refractivity contribution in [3.8, 4) is 0 Å². The zero-order chi connectivity index (χ0) is 19.0. The van der Waals surface area contributed by atoms with Gasteiger partial charge in [0.2, 0.25) is 5.91 Å². The molecule has 0 N–H and O–H groups in total. The summed E-state index contributed by atoms with van der Waals surface area (Å²) >= 11 is 0. The second-order valence-corrected chi connectivity index (χ2v) is 7.85. The van der Waals surface area contributed by atoms with E-state index in [0.29, 0.717) is 5.91 Å². The summed E-state index contributed by atoms with van der Waals surface area (Å²) in [5.41, 5.74) is 4.85. The average Bonchev–Trinajstić information content (AvgIpc) is 3.12. The van der Waals surface area contributed by atoms with Crippen molar-refractivity contribution in [2.45, 2.75) is 39.2 Å². The molecule has 2 aromatic rings. The number of likely N-dealkylation sites (N-methyl/N-ethyl adjacent to an activating group) is 1. The Morgan fingerprint density at radius 1 is 1.15 bits per heavy atom. The fourth-order valence-corrected chi connectivity index (χ4v) is 4.72. The molecule has 27 heavy (non-hydrogen) atoms. The Labute approximate surface area is 162 Å². The molecule has 2 saturated heterocycles. The summed E-state index contributed by atoms with van der Waals surface area (Å²) in [5, 5.41) is 1.23. The Balaban J connectivity index is 1.57. The van der Waals surface area contributed by atoms with Crippen LogP contribution in [0.1, 0.15) is 31.0 Å². The van der Waals surface area contributed by atoms with E-state index in [0.717, 1.165) is 63.2 Å². The van der Waals surface area contributed by atoms with Gasteiger partial charge in [0.1, 0.15) is 0 Å². The summed E-state index contributed by atoms with van der Waals surface area (Å²) in [5.74, 6) is 0.320. The van der Waals surface area contributed by atoms with Crippen LogP contribution in [0, 0.1) is 6.92 Å². The van der Waals surface area contributed by atoms with Crippen LogP contribution in [0.2, 0.25) is 0 Å². The molecule has 0 aliphatic carbocycles. The molecule has 2 aliphatic rings. The molecule has 1 aromatic carbocycles. The Hall–Kier alpha value is -2.14. The van der Waals surface area contributed by atoms with Crippen molar-refractivity contribution in [3.05, 3.63) is 35.5 Å². The second-order valence-electron chi connectivity index (χ2n) is 7.85. The van der Waals surface area contributed by atoms with Gasteiger partial charge in [0, 0.05) is 37.3 Å². The van der Waals surface area contributed by atoms with E-state index in [4.69, 9.17) is 4.98 Å². The first-order valence-corrected chi connectivity index (χ1v) is 10.2. The number of carbonyl (C=O) groups excluding carboxylic acids is 1. The van der Waals surface area contributed by atoms with E-state index in [1.165, 1.54) is 16.6 Å². The van der Waals surface area contributed by atoms with Crippen LogP contribution in [0.4, 0.5) is 5.69 Å². The molecule has 144 valence electrons. The molecule has 4 rings (SSSR count). The number of nitrogens with zero attached hydrogens (tertiary/aromatic N) is 4. The standard InChI is InChI=1S/C22H30N4O/c1-4-17-16(2)23-19-9-6-5-8-18(19)21(17)25-12-14-26(15-13-25)22(27)20-10-7-11-24(20)3/h5-6,8-9,20H,4,7,10-15H2,1-3H3. The summed E-state index contributed by atoms with van der Waals surface area (Å²) in [6.45, 7) is 8.76. The van der Waals surface area contributed by atoms with Crippen LogP contribution in [0.5, 0.6) is 0 Å². The molecule has 0 bridgehead atoms. The van der Waals surface area contributed by atoms with Crippen molar-refractivity contribution < 1.29 is 4.79 Å². The number of para-hydroxylation sites is 1. The molecule has 2 fully saturated rings. The summed E-state index contributed by atoms with van der Waals surface area (Å²) in [7, 11) is 2.07. The van der Waals surface area contributed by atoms with Gasteiger partial charge in [-0.25, -0.2) is 0 Å². The normalized spacial score (nSPS) is 21.2. The number of rotatable bonds is 3. The minimum absolute atomic E-state index is 0.0896. The third-order valence-electron chi connectivity index (χ3n) is 6.24. The molecule has 0 radical (unpaired) electrons. The van der Waals surface area contributed by atoms with E-state index in [1.807, 2.05) is 0 Å². The van der Waals surface area contributed by atoms with Gasteiger partial charge in [-0.1, -0.05) is 25.1 Å². The van der Waals surface area contributed by atoms with Gasteiger partial charge in [0.15, 0.2) is 0 Å². The maximum Gasteiger partial charge on any atom is 0.240 e. The SMILES string of the molecule is CCc1c(C)nc2ccccc2c1N1CCN(C(=O)C2CCCN2C)CC1. The maximum atomic E-state index is 12.9. The van der Waals surface area contributed by atoms with Gasteiger partial charge in [0.25, 0.3) is 0 Å². The van der Waals surface area contributed by atoms with E-state index in [-0.39, 0.29) is 6.04 Å². The van der Waals surface area contributed by atoms with Crippen LogP contribution in [0.25, 0.3) is 10.9 Å². The predicted molar refractivity (Wildman–Crippen MR) is 110 cm³/mol. The third-order valence-corrected chi connectivity index (χ3v) is 6.24. The second kappa shape index (κ2) is 7.47. The van der Waals surface area contributed by atoms with Crippen LogP contribution >= 0.6 is 0 Å². The highest BCUT2D eigenvalue weighted by molar-refractivity contribution is 5.94. The van der Waals surface area contributed by atoms with Gasteiger partial charge < -0.3 is 9.80 Å². The van der Waals surface area contributed by atoms with Crippen molar-refractivity contribution in [2.75, 3.05) is 44.7 Å². The lowest BCUT2D eigenvalue weighted by molar-refractivity contribution is -0.135. The van der Waals surface area contributed by atoms with Gasteiger partial charge in [-0.3, -0.25) is 14.7 Å². The largest absolute Gasteiger partial charge is 0.367 e. The van der Waals surface area contributed by atoms with Crippen molar-refractivity contribution in [3.63, 3.8) is 0 Å². The Morgan fingerprint density at radius 3 is 2.56 bits per heavy atom. The Bertz CT molecular complexity index is 842.